The number of allylic oxidation sites excluding steroid dienone is 2. The van der Waals surface area contributed by atoms with E-state index in [9.17, 15) is 13.2 Å². The van der Waals surface area contributed by atoms with Gasteiger partial charge in [-0.15, -0.1) is 0 Å². The van der Waals surface area contributed by atoms with Crippen molar-refractivity contribution in [1.82, 2.24) is 14.7 Å². The summed E-state index contributed by atoms with van der Waals surface area (Å²) in [7, 11) is 2.50. The molecule has 0 bridgehead atoms. The van der Waals surface area contributed by atoms with E-state index in [0.717, 1.165) is 81.6 Å². The van der Waals surface area contributed by atoms with E-state index in [1.165, 1.54) is 180 Å². The molecule has 0 spiro atoms. The predicted molar refractivity (Wildman–Crippen MR) is 388 cm³/mol. The standard InChI is InChI=1S/C26H33NO2S.C26H33NOS.C25H31NO3S.3CH4/c1-20(22-16-18-27(19-17-22)23-6-4-3-5-7-23)21-8-12-25(13-9-21)30(28)26-14-10-24(29-2)11-15-26;1-20(22-16-18-27(19-17-22)23-6-4-3-5-7-23)21-8-12-25(13-9-21)29-26-14-10-24(28-2)11-15-26;1-29-22-9-13-24(14-10-22)30(28)23-11-7-19(8-12-23)25(27)20-15-17-26(18-16-20)21-5-3-2-4-6-21;;;/h8-15,22-23H,1,3-7,16-19H2,2H3;8-15,22-23H,1,3-7,16-19H2,2H3;7-14,20-21H,2-6,15-18H2,1H3;3*1H4. The van der Waals surface area contributed by atoms with Gasteiger partial charge in [-0.25, -0.2) is 8.42 Å². The molecule has 0 aromatic heterocycles. The first-order valence-corrected chi connectivity index (χ1v) is 36.5. The fraction of sp³-hybridized carbons (Fsp3) is 0.487. The van der Waals surface area contributed by atoms with Crippen LogP contribution in [0.3, 0.4) is 0 Å². The van der Waals surface area contributed by atoms with Crippen molar-refractivity contribution < 1.29 is 27.4 Å². The largest absolute Gasteiger partial charge is 0.497 e. The second kappa shape index (κ2) is 37.5. The molecule has 2 atom stereocenters. The highest BCUT2D eigenvalue weighted by atomic mass is 32.2. The molecular formula is C80H109N3O6S3. The predicted octanol–water partition coefficient (Wildman–Crippen LogP) is 19.8. The quantitative estimate of drug-likeness (QED) is 0.0775. The highest BCUT2D eigenvalue weighted by Gasteiger charge is 2.32. The zero-order valence-electron chi connectivity index (χ0n) is 53.3. The van der Waals surface area contributed by atoms with Gasteiger partial charge in [0.25, 0.3) is 0 Å². The van der Waals surface area contributed by atoms with Gasteiger partial charge < -0.3 is 28.9 Å². The lowest BCUT2D eigenvalue weighted by molar-refractivity contribution is 0.0747. The van der Waals surface area contributed by atoms with Crippen LogP contribution < -0.4 is 14.2 Å². The summed E-state index contributed by atoms with van der Waals surface area (Å²) >= 11 is 1.79. The summed E-state index contributed by atoms with van der Waals surface area (Å²) < 4.78 is 41.2. The number of piperidine rings is 3. The van der Waals surface area contributed by atoms with Crippen molar-refractivity contribution in [3.05, 3.63) is 175 Å². The van der Waals surface area contributed by atoms with E-state index in [1.807, 2.05) is 97.1 Å². The Bertz CT molecular complexity index is 3050. The van der Waals surface area contributed by atoms with Gasteiger partial charge >= 0.3 is 0 Å². The second-order valence-corrected chi connectivity index (χ2v) is 29.6. The number of carbonyl (C=O) groups excluding carboxylic acids is 1. The van der Waals surface area contributed by atoms with Gasteiger partial charge in [0.1, 0.15) is 17.2 Å². The minimum absolute atomic E-state index is 0. The Balaban J connectivity index is 0.000000193. The average molecular weight is 1300 g/mol. The molecule has 12 heteroatoms. The molecule has 6 aromatic rings. The number of ether oxygens (including phenoxy) is 3. The van der Waals surface area contributed by atoms with Crippen LogP contribution in [0.2, 0.25) is 0 Å². The van der Waals surface area contributed by atoms with E-state index < -0.39 is 21.6 Å². The van der Waals surface area contributed by atoms with Gasteiger partial charge in [0, 0.05) is 59.0 Å². The van der Waals surface area contributed by atoms with Crippen LogP contribution >= 0.6 is 11.8 Å². The van der Waals surface area contributed by atoms with Crippen molar-refractivity contribution in [2.45, 2.75) is 205 Å². The Hall–Kier alpha value is -5.60. The number of carbonyl (C=O) groups is 1. The molecule has 12 rings (SSSR count). The molecule has 3 heterocycles. The Morgan fingerprint density at radius 2 is 0.609 bits per heavy atom. The first-order valence-electron chi connectivity index (χ1n) is 33.4. The van der Waals surface area contributed by atoms with Crippen LogP contribution in [0, 0.1) is 17.8 Å². The molecule has 2 unspecified atom stereocenters. The highest BCUT2D eigenvalue weighted by molar-refractivity contribution is 7.99. The number of hydrogen-bond donors (Lipinski definition) is 0. The van der Waals surface area contributed by atoms with E-state index in [-0.39, 0.29) is 34.0 Å². The van der Waals surface area contributed by atoms with Crippen molar-refractivity contribution in [1.29, 1.82) is 0 Å². The molecule has 3 saturated heterocycles. The Morgan fingerprint density at radius 1 is 0.359 bits per heavy atom. The maximum absolute atomic E-state index is 13.0. The van der Waals surface area contributed by atoms with Gasteiger partial charge in [-0.05, 0) is 260 Å². The molecule has 0 amide bonds. The van der Waals surface area contributed by atoms with Gasteiger partial charge in [-0.1, -0.05) is 141 Å². The maximum atomic E-state index is 13.0. The monoisotopic (exact) mass is 1300 g/mol. The van der Waals surface area contributed by atoms with Gasteiger partial charge in [0.15, 0.2) is 5.78 Å². The highest BCUT2D eigenvalue weighted by Crippen LogP contribution is 2.38. The molecule has 92 heavy (non-hydrogen) atoms. The smallest absolute Gasteiger partial charge is 0.166 e. The number of hydrogen-bond acceptors (Lipinski definition) is 10. The molecule has 3 aliphatic carbocycles. The van der Waals surface area contributed by atoms with E-state index in [2.05, 4.69) is 76.4 Å². The maximum Gasteiger partial charge on any atom is 0.166 e. The van der Waals surface area contributed by atoms with Crippen LogP contribution in [0.25, 0.3) is 11.1 Å². The lowest BCUT2D eigenvalue weighted by Gasteiger charge is -2.39. The van der Waals surface area contributed by atoms with Crippen molar-refractivity contribution in [2.75, 3.05) is 60.6 Å². The Kier molecular flexibility index (Phi) is 30.1. The lowest BCUT2D eigenvalue weighted by atomic mass is 9.84. The molecule has 6 aromatic carbocycles. The number of rotatable bonds is 18. The number of nitrogens with zero attached hydrogens (tertiary/aromatic N) is 3. The summed E-state index contributed by atoms with van der Waals surface area (Å²) in [6, 6.07) is 49.8. The third-order valence-electron chi connectivity index (χ3n) is 20.1. The number of likely N-dealkylation sites (tertiary alicyclic amines) is 3. The summed E-state index contributed by atoms with van der Waals surface area (Å²) in [5, 5.41) is 0. The normalized spacial score (nSPS) is 19.1. The van der Waals surface area contributed by atoms with Crippen LogP contribution in [-0.2, 0) is 21.6 Å². The number of benzene rings is 6. The molecule has 6 fully saturated rings. The number of methoxy groups -OCH3 is 3. The first kappa shape index (κ1) is 73.8. The van der Waals surface area contributed by atoms with E-state index in [4.69, 9.17) is 14.2 Å². The van der Waals surface area contributed by atoms with E-state index in [1.54, 1.807) is 33.1 Å². The van der Waals surface area contributed by atoms with Crippen LogP contribution in [0.1, 0.15) is 179 Å². The Morgan fingerprint density at radius 3 is 0.913 bits per heavy atom. The minimum atomic E-state index is -1.26. The van der Waals surface area contributed by atoms with Crippen LogP contribution in [0.5, 0.6) is 17.2 Å². The lowest BCUT2D eigenvalue weighted by Crippen LogP contribution is -2.43. The second-order valence-electron chi connectivity index (χ2n) is 25.5. The van der Waals surface area contributed by atoms with Crippen LogP contribution in [0.15, 0.2) is 188 Å². The molecular weight excluding hydrogens is 1200 g/mol. The molecule has 0 N–H and O–H groups in total. The fourth-order valence-corrected chi connectivity index (χ4v) is 17.4. The van der Waals surface area contributed by atoms with Crippen molar-refractivity contribution in [2.24, 2.45) is 17.8 Å². The summed E-state index contributed by atoms with van der Waals surface area (Å²) in [6.45, 7) is 15.9. The van der Waals surface area contributed by atoms with Gasteiger partial charge in [-0.2, -0.15) is 0 Å². The van der Waals surface area contributed by atoms with Gasteiger partial charge in [0.2, 0.25) is 0 Å². The zero-order valence-corrected chi connectivity index (χ0v) is 55.8. The number of ketones is 1. The third-order valence-corrected chi connectivity index (χ3v) is 23.9. The van der Waals surface area contributed by atoms with Gasteiger partial charge in [0.05, 0.1) is 42.9 Å². The topological polar surface area (TPSA) is 88.6 Å². The SMILES string of the molecule is C.C.C.C=C(c1ccc(S(=O)c2ccc(OC)cc2)cc1)C1CCN(C2CCCCC2)CC1.C=C(c1ccc(Sc2ccc(OC)cc2)cc1)C1CCN(C2CCCCC2)CC1.COc1ccc(S(=O)c2ccc(C(=O)C3CCN(C4CCCCC4)CC3)cc2)cc1. The molecule has 0 radical (unpaired) electrons. The summed E-state index contributed by atoms with van der Waals surface area (Å²) in [4.78, 5) is 26.6. The van der Waals surface area contributed by atoms with E-state index >= 15 is 0 Å². The van der Waals surface area contributed by atoms with Gasteiger partial charge in [-0.3, -0.25) is 4.79 Å². The van der Waals surface area contributed by atoms with Crippen LogP contribution in [-0.4, -0.2) is 108 Å². The minimum Gasteiger partial charge on any atom is -0.497 e. The summed E-state index contributed by atoms with van der Waals surface area (Å²) in [5.41, 5.74) is 5.79. The summed E-state index contributed by atoms with van der Waals surface area (Å²) in [6.07, 6.45) is 27.7. The first-order chi connectivity index (χ1) is 43.5. The third kappa shape index (κ3) is 20.2. The number of Topliss-reactive ketones (excluding diaryl/α,β-unsaturated/α-hetero) is 1. The van der Waals surface area contributed by atoms with Crippen molar-refractivity contribution in [3.8, 4) is 17.2 Å². The van der Waals surface area contributed by atoms with Crippen LogP contribution in [0.4, 0.5) is 0 Å². The molecule has 3 aliphatic heterocycles. The van der Waals surface area contributed by atoms with Crippen molar-refractivity contribution >= 4 is 50.3 Å². The zero-order chi connectivity index (χ0) is 61.9. The Labute approximate surface area is 564 Å². The molecule has 498 valence electrons. The molecule has 6 aliphatic rings. The van der Waals surface area contributed by atoms with Crippen molar-refractivity contribution in [3.63, 3.8) is 0 Å². The molecule has 9 nitrogen and oxygen atoms in total. The summed E-state index contributed by atoms with van der Waals surface area (Å²) in [5.74, 6) is 3.96. The molecule has 3 saturated carbocycles. The van der Waals surface area contributed by atoms with E-state index in [0.29, 0.717) is 16.7 Å². The average Bonchev–Trinajstić information content (AvgIpc) is 1.06. The fourth-order valence-electron chi connectivity index (χ4n) is 14.5.